The molecule has 0 aliphatic carbocycles. The van der Waals surface area contributed by atoms with E-state index in [4.69, 9.17) is 0 Å². The predicted molar refractivity (Wildman–Crippen MR) is 104 cm³/mol. The monoisotopic (exact) mass is 326 g/mol. The third kappa shape index (κ3) is 3.93. The summed E-state index contributed by atoms with van der Waals surface area (Å²) in [5, 5.41) is 9.55. The van der Waals surface area contributed by atoms with E-state index in [1.165, 1.54) is 0 Å². The molecule has 0 heterocycles. The lowest BCUT2D eigenvalue weighted by Crippen LogP contribution is -1.99. The van der Waals surface area contributed by atoms with Gasteiger partial charge in [-0.2, -0.15) is 0 Å². The summed E-state index contributed by atoms with van der Waals surface area (Å²) in [5.74, 6) is -0.938. The highest BCUT2D eigenvalue weighted by Gasteiger charge is 2.10. The van der Waals surface area contributed by atoms with Crippen LogP contribution in [0, 0.1) is 0 Å². The highest BCUT2D eigenvalue weighted by atomic mass is 16.4. The summed E-state index contributed by atoms with van der Waals surface area (Å²) in [6.07, 6.45) is 3.50. The summed E-state index contributed by atoms with van der Waals surface area (Å²) in [6, 6.07) is 25.1. The molecule has 0 aromatic heterocycles. The summed E-state index contributed by atoms with van der Waals surface area (Å²) < 4.78 is 0. The maximum Gasteiger partial charge on any atom is 0.336 e. The van der Waals surface area contributed by atoms with E-state index >= 15 is 0 Å². The molecule has 0 unspecified atom stereocenters. The van der Waals surface area contributed by atoms with Crippen molar-refractivity contribution in [2.45, 2.75) is 0 Å². The normalized spacial score (nSPS) is 11.1. The fourth-order valence-corrected chi connectivity index (χ4v) is 2.64. The number of aliphatic carboxylic acids is 1. The summed E-state index contributed by atoms with van der Waals surface area (Å²) in [7, 11) is 0. The summed E-state index contributed by atoms with van der Waals surface area (Å²) >= 11 is 0. The topological polar surface area (TPSA) is 37.3 Å². The van der Waals surface area contributed by atoms with E-state index in [2.05, 4.69) is 6.58 Å². The molecule has 122 valence electrons. The molecule has 0 radical (unpaired) electrons. The second-order valence-corrected chi connectivity index (χ2v) is 5.68. The lowest BCUT2D eigenvalue weighted by atomic mass is 9.98. The second-order valence-electron chi connectivity index (χ2n) is 5.68. The van der Waals surface area contributed by atoms with Crippen LogP contribution in [0.1, 0.15) is 16.7 Å². The molecular formula is C23H18O2. The van der Waals surface area contributed by atoms with Crippen LogP contribution >= 0.6 is 0 Å². The first-order chi connectivity index (χ1) is 12.2. The van der Waals surface area contributed by atoms with Crippen LogP contribution in [0.4, 0.5) is 0 Å². The molecular weight excluding hydrogens is 308 g/mol. The maximum absolute atomic E-state index is 11.7. The highest BCUT2D eigenvalue weighted by Crippen LogP contribution is 2.24. The first-order valence-electron chi connectivity index (χ1n) is 8.01. The minimum absolute atomic E-state index is 0.278. The molecule has 2 nitrogen and oxygen atoms in total. The van der Waals surface area contributed by atoms with Crippen LogP contribution in [-0.4, -0.2) is 11.1 Å². The van der Waals surface area contributed by atoms with Gasteiger partial charge in [0.25, 0.3) is 0 Å². The van der Waals surface area contributed by atoms with Gasteiger partial charge in [0.1, 0.15) is 0 Å². The SMILES string of the molecule is C=Cc1ccc(-c2ccc(C(=Cc3ccccc3)C(=O)O)cc2)cc1. The summed E-state index contributed by atoms with van der Waals surface area (Å²) in [6.45, 7) is 3.75. The van der Waals surface area contributed by atoms with Gasteiger partial charge in [-0.15, -0.1) is 0 Å². The Bertz CT molecular complexity index is 903. The van der Waals surface area contributed by atoms with Crippen LogP contribution in [0.25, 0.3) is 28.9 Å². The van der Waals surface area contributed by atoms with Gasteiger partial charge < -0.3 is 5.11 Å². The van der Waals surface area contributed by atoms with E-state index in [9.17, 15) is 9.90 Å². The molecule has 0 fully saturated rings. The number of carboxylic acid groups (broad SMARTS) is 1. The molecule has 0 spiro atoms. The Hall–Kier alpha value is -3.39. The molecule has 0 aliphatic rings. The number of hydrogen-bond donors (Lipinski definition) is 1. The van der Waals surface area contributed by atoms with Crippen molar-refractivity contribution in [3.63, 3.8) is 0 Å². The number of rotatable bonds is 5. The van der Waals surface area contributed by atoms with Gasteiger partial charge >= 0.3 is 5.97 Å². The Labute approximate surface area is 147 Å². The van der Waals surface area contributed by atoms with Gasteiger partial charge in [-0.3, -0.25) is 0 Å². The molecule has 0 aliphatic heterocycles. The lowest BCUT2D eigenvalue weighted by Gasteiger charge is -2.06. The van der Waals surface area contributed by atoms with Crippen molar-refractivity contribution in [1.29, 1.82) is 0 Å². The molecule has 2 heteroatoms. The zero-order valence-corrected chi connectivity index (χ0v) is 13.7. The second kappa shape index (κ2) is 7.45. The summed E-state index contributed by atoms with van der Waals surface area (Å²) in [4.78, 5) is 11.7. The number of carboxylic acids is 1. The van der Waals surface area contributed by atoms with E-state index in [0.29, 0.717) is 5.56 Å². The molecule has 0 bridgehead atoms. The minimum atomic E-state index is -0.938. The number of hydrogen-bond acceptors (Lipinski definition) is 1. The van der Waals surface area contributed by atoms with E-state index in [-0.39, 0.29) is 5.57 Å². The van der Waals surface area contributed by atoms with Crippen LogP contribution in [0.2, 0.25) is 0 Å². The molecule has 0 amide bonds. The fourth-order valence-electron chi connectivity index (χ4n) is 2.64. The van der Waals surface area contributed by atoms with Crippen molar-refractivity contribution in [3.8, 4) is 11.1 Å². The third-order valence-electron chi connectivity index (χ3n) is 4.02. The van der Waals surface area contributed by atoms with Crippen molar-refractivity contribution in [2.24, 2.45) is 0 Å². The molecule has 1 N–H and O–H groups in total. The molecule has 0 saturated heterocycles. The van der Waals surface area contributed by atoms with Crippen molar-refractivity contribution in [2.75, 3.05) is 0 Å². The minimum Gasteiger partial charge on any atom is -0.478 e. The molecule has 25 heavy (non-hydrogen) atoms. The van der Waals surface area contributed by atoms with Crippen LogP contribution < -0.4 is 0 Å². The van der Waals surface area contributed by atoms with Gasteiger partial charge in [0, 0.05) is 0 Å². The Morgan fingerprint density at radius 3 is 1.84 bits per heavy atom. The van der Waals surface area contributed by atoms with Crippen LogP contribution in [0.5, 0.6) is 0 Å². The van der Waals surface area contributed by atoms with E-state index in [0.717, 1.165) is 22.3 Å². The lowest BCUT2D eigenvalue weighted by molar-refractivity contribution is -0.130. The van der Waals surface area contributed by atoms with E-state index in [1.807, 2.05) is 78.9 Å². The Kier molecular flexibility index (Phi) is 4.91. The molecule has 0 saturated carbocycles. The number of carbonyl (C=O) groups is 1. The smallest absolute Gasteiger partial charge is 0.336 e. The number of benzene rings is 3. The van der Waals surface area contributed by atoms with Crippen molar-refractivity contribution < 1.29 is 9.90 Å². The molecule has 0 atom stereocenters. The zero-order valence-electron chi connectivity index (χ0n) is 13.7. The van der Waals surface area contributed by atoms with E-state index in [1.54, 1.807) is 12.2 Å². The fraction of sp³-hybridized carbons (Fsp3) is 0. The van der Waals surface area contributed by atoms with Gasteiger partial charge in [-0.05, 0) is 33.9 Å². The first-order valence-corrected chi connectivity index (χ1v) is 8.01. The van der Waals surface area contributed by atoms with Gasteiger partial charge in [0.05, 0.1) is 5.57 Å². The van der Waals surface area contributed by atoms with E-state index < -0.39 is 5.97 Å². The van der Waals surface area contributed by atoms with Crippen molar-refractivity contribution >= 4 is 23.7 Å². The summed E-state index contributed by atoms with van der Waals surface area (Å²) in [5.41, 5.74) is 5.02. The quantitative estimate of drug-likeness (QED) is 0.488. The maximum atomic E-state index is 11.7. The third-order valence-corrected chi connectivity index (χ3v) is 4.02. The Morgan fingerprint density at radius 1 is 0.760 bits per heavy atom. The average molecular weight is 326 g/mol. The molecule has 3 aromatic rings. The van der Waals surface area contributed by atoms with Crippen LogP contribution in [0.3, 0.4) is 0 Å². The van der Waals surface area contributed by atoms with Crippen molar-refractivity contribution in [1.82, 2.24) is 0 Å². The average Bonchev–Trinajstić information content (AvgIpc) is 2.67. The molecule has 3 rings (SSSR count). The Balaban J connectivity index is 1.92. The van der Waals surface area contributed by atoms with Gasteiger partial charge in [0.15, 0.2) is 0 Å². The van der Waals surface area contributed by atoms with Gasteiger partial charge in [0.2, 0.25) is 0 Å². The zero-order chi connectivity index (χ0) is 17.6. The Morgan fingerprint density at radius 2 is 1.32 bits per heavy atom. The predicted octanol–water partition coefficient (Wildman–Crippen LogP) is 5.62. The van der Waals surface area contributed by atoms with Crippen LogP contribution in [-0.2, 0) is 4.79 Å². The molecule has 3 aromatic carbocycles. The van der Waals surface area contributed by atoms with Gasteiger partial charge in [-0.1, -0.05) is 91.5 Å². The largest absolute Gasteiger partial charge is 0.478 e. The highest BCUT2D eigenvalue weighted by molar-refractivity contribution is 6.20. The van der Waals surface area contributed by atoms with Crippen molar-refractivity contribution in [3.05, 3.63) is 102 Å². The van der Waals surface area contributed by atoms with Crippen LogP contribution in [0.15, 0.2) is 85.4 Å². The first kappa shape index (κ1) is 16.5. The standard InChI is InChI=1S/C23H18O2/c1-2-17-8-10-19(11-9-17)20-12-14-21(15-13-20)22(23(24)25)16-18-6-4-3-5-7-18/h2-16H,1H2,(H,24,25). The van der Waals surface area contributed by atoms with Gasteiger partial charge in [-0.25, -0.2) is 4.79 Å².